The number of rotatable bonds is 0. The Morgan fingerprint density at radius 2 is 2.06 bits per heavy atom. The van der Waals surface area contributed by atoms with Crippen molar-refractivity contribution in [1.29, 1.82) is 0 Å². The van der Waals surface area contributed by atoms with E-state index in [0.29, 0.717) is 29.8 Å². The van der Waals surface area contributed by atoms with Gasteiger partial charge in [-0.05, 0) is 18.8 Å². The van der Waals surface area contributed by atoms with Crippen molar-refractivity contribution >= 4 is 11.8 Å². The summed E-state index contributed by atoms with van der Waals surface area (Å²) in [6.45, 7) is 5.73. The predicted molar refractivity (Wildman–Crippen MR) is 58.4 cm³/mol. The van der Waals surface area contributed by atoms with Crippen LogP contribution in [0.5, 0.6) is 0 Å². The molecule has 0 aliphatic heterocycles. The van der Waals surface area contributed by atoms with Gasteiger partial charge in [-0.1, -0.05) is 13.8 Å². The molecule has 1 aliphatic rings. The van der Waals surface area contributed by atoms with Gasteiger partial charge in [0.05, 0.1) is 17.0 Å². The lowest BCUT2D eigenvalue weighted by atomic mass is 9.75. The number of primary amides is 1. The van der Waals surface area contributed by atoms with Crippen LogP contribution in [-0.4, -0.2) is 21.6 Å². The number of carbonyl (C=O) groups excluding carboxylic acids is 2. The van der Waals surface area contributed by atoms with Crippen LogP contribution in [-0.2, 0) is 6.42 Å². The van der Waals surface area contributed by atoms with Crippen LogP contribution in [0.3, 0.4) is 0 Å². The van der Waals surface area contributed by atoms with E-state index in [-0.39, 0.29) is 11.2 Å². The van der Waals surface area contributed by atoms with Crippen molar-refractivity contribution in [3.8, 4) is 0 Å². The highest BCUT2D eigenvalue weighted by Gasteiger charge is 2.36. The van der Waals surface area contributed by atoms with Gasteiger partial charge in [0.2, 0.25) is 0 Å². The zero-order valence-electron chi connectivity index (χ0n) is 9.70. The molecule has 0 radical (unpaired) electrons. The second-order valence-electron chi connectivity index (χ2n) is 5.10. The van der Waals surface area contributed by atoms with Crippen LogP contribution in [0.15, 0.2) is 0 Å². The number of hydrogen-bond acceptors (Lipinski definition) is 3. The molecule has 0 unspecified atom stereocenters. The number of ketones is 1. The quantitative estimate of drug-likeness (QED) is 0.716. The zero-order chi connectivity index (χ0) is 12.1. The second-order valence-corrected chi connectivity index (χ2v) is 5.10. The Balaban J connectivity index is 2.63. The Morgan fingerprint density at radius 1 is 1.44 bits per heavy atom. The molecule has 1 amide bonds. The fraction of sp³-hybridized carbons (Fsp3) is 0.545. The highest BCUT2D eigenvalue weighted by molar-refractivity contribution is 6.00. The number of aryl methyl sites for hydroxylation is 1. The minimum absolute atomic E-state index is 0.0521. The highest BCUT2D eigenvalue weighted by Crippen LogP contribution is 2.35. The monoisotopic (exact) mass is 221 g/mol. The predicted octanol–water partition coefficient (Wildman–Crippen LogP) is 1.27. The Bertz CT molecular complexity index is 486. The molecular weight excluding hydrogens is 206 g/mol. The smallest absolute Gasteiger partial charge is 0.339 e. The van der Waals surface area contributed by atoms with Gasteiger partial charge in [-0.25, -0.2) is 4.79 Å². The fourth-order valence-electron chi connectivity index (χ4n) is 2.32. The molecule has 5 heteroatoms. The molecule has 0 atom stereocenters. The average molecular weight is 221 g/mol. The summed E-state index contributed by atoms with van der Waals surface area (Å²) in [7, 11) is 0. The molecule has 16 heavy (non-hydrogen) atoms. The van der Waals surface area contributed by atoms with E-state index in [9.17, 15) is 9.59 Å². The third kappa shape index (κ3) is 1.52. The van der Waals surface area contributed by atoms with Gasteiger partial charge in [-0.15, -0.1) is 0 Å². The summed E-state index contributed by atoms with van der Waals surface area (Å²) in [6.07, 6.45) is 1.14. The standard InChI is InChI=1S/C11H15N3O2/c1-6-9-7(14(13-6)10(12)16)4-11(2,3)5-8(9)15/h4-5H2,1-3H3,(H2,12,16). The molecule has 0 fully saturated rings. The summed E-state index contributed by atoms with van der Waals surface area (Å²) in [5.74, 6) is 0.0521. The van der Waals surface area contributed by atoms with E-state index in [1.54, 1.807) is 6.92 Å². The van der Waals surface area contributed by atoms with Crippen molar-refractivity contribution in [3.63, 3.8) is 0 Å². The van der Waals surface area contributed by atoms with Crippen LogP contribution in [0.2, 0.25) is 0 Å². The maximum atomic E-state index is 12.0. The number of nitrogens with two attached hydrogens (primary N) is 1. The van der Waals surface area contributed by atoms with Gasteiger partial charge in [-0.2, -0.15) is 9.78 Å². The van der Waals surface area contributed by atoms with Gasteiger partial charge < -0.3 is 5.73 Å². The molecule has 1 heterocycles. The number of fused-ring (bicyclic) bond motifs is 1. The maximum Gasteiger partial charge on any atom is 0.339 e. The van der Waals surface area contributed by atoms with Crippen molar-refractivity contribution in [1.82, 2.24) is 9.78 Å². The first-order chi connectivity index (χ1) is 7.32. The molecular formula is C11H15N3O2. The molecule has 0 saturated carbocycles. The summed E-state index contributed by atoms with van der Waals surface area (Å²) < 4.78 is 1.16. The van der Waals surface area contributed by atoms with E-state index in [0.717, 1.165) is 4.68 Å². The molecule has 0 aromatic carbocycles. The van der Waals surface area contributed by atoms with Crippen LogP contribution in [0.4, 0.5) is 4.79 Å². The Morgan fingerprint density at radius 3 is 2.62 bits per heavy atom. The lowest BCUT2D eigenvalue weighted by molar-refractivity contribution is 0.0910. The van der Waals surface area contributed by atoms with Crippen molar-refractivity contribution in [2.24, 2.45) is 11.1 Å². The fourth-order valence-corrected chi connectivity index (χ4v) is 2.32. The van der Waals surface area contributed by atoms with Gasteiger partial charge in [0.15, 0.2) is 5.78 Å². The molecule has 1 aromatic heterocycles. The van der Waals surface area contributed by atoms with Crippen LogP contribution < -0.4 is 5.73 Å². The van der Waals surface area contributed by atoms with E-state index in [1.807, 2.05) is 13.8 Å². The first-order valence-corrected chi connectivity index (χ1v) is 5.23. The third-order valence-electron chi connectivity index (χ3n) is 2.93. The lowest BCUT2D eigenvalue weighted by Gasteiger charge is -2.28. The van der Waals surface area contributed by atoms with E-state index in [4.69, 9.17) is 5.73 Å². The number of Topliss-reactive ketones (excluding diaryl/α,β-unsaturated/α-hetero) is 1. The number of amides is 1. The van der Waals surface area contributed by atoms with Gasteiger partial charge in [-0.3, -0.25) is 4.79 Å². The van der Waals surface area contributed by atoms with Crippen molar-refractivity contribution in [3.05, 3.63) is 17.0 Å². The molecule has 5 nitrogen and oxygen atoms in total. The third-order valence-corrected chi connectivity index (χ3v) is 2.93. The minimum atomic E-state index is -0.630. The van der Waals surface area contributed by atoms with Crippen molar-refractivity contribution in [2.75, 3.05) is 0 Å². The molecule has 1 aliphatic carbocycles. The topological polar surface area (TPSA) is 78.0 Å². The number of carbonyl (C=O) groups is 2. The van der Waals surface area contributed by atoms with E-state index in [2.05, 4.69) is 5.10 Å². The first-order valence-electron chi connectivity index (χ1n) is 5.23. The van der Waals surface area contributed by atoms with Crippen LogP contribution in [0, 0.1) is 12.3 Å². The van der Waals surface area contributed by atoms with Gasteiger partial charge >= 0.3 is 6.03 Å². The minimum Gasteiger partial charge on any atom is -0.350 e. The first kappa shape index (κ1) is 10.9. The summed E-state index contributed by atoms with van der Waals surface area (Å²) in [5, 5.41) is 4.03. The van der Waals surface area contributed by atoms with E-state index in [1.165, 1.54) is 0 Å². The molecule has 86 valence electrons. The SMILES string of the molecule is Cc1nn(C(N)=O)c2c1C(=O)CC(C)(C)C2. The van der Waals surface area contributed by atoms with E-state index < -0.39 is 6.03 Å². The Kier molecular flexibility index (Phi) is 2.15. The zero-order valence-corrected chi connectivity index (χ0v) is 9.70. The lowest BCUT2D eigenvalue weighted by Crippen LogP contribution is -2.31. The normalized spacial score (nSPS) is 18.3. The van der Waals surface area contributed by atoms with Crippen molar-refractivity contribution < 1.29 is 9.59 Å². The van der Waals surface area contributed by atoms with Crippen LogP contribution in [0.25, 0.3) is 0 Å². The number of aromatic nitrogens is 2. The molecule has 2 N–H and O–H groups in total. The maximum absolute atomic E-state index is 12.0. The summed E-state index contributed by atoms with van der Waals surface area (Å²) in [6, 6.07) is -0.630. The molecule has 1 aromatic rings. The van der Waals surface area contributed by atoms with Crippen LogP contribution in [0.1, 0.15) is 42.0 Å². The molecule has 0 bridgehead atoms. The Labute approximate surface area is 93.6 Å². The molecule has 2 rings (SSSR count). The molecule has 0 saturated heterocycles. The van der Waals surface area contributed by atoms with Crippen LogP contribution >= 0.6 is 0 Å². The second kappa shape index (κ2) is 3.17. The largest absolute Gasteiger partial charge is 0.350 e. The van der Waals surface area contributed by atoms with Gasteiger partial charge in [0.1, 0.15) is 0 Å². The highest BCUT2D eigenvalue weighted by atomic mass is 16.2. The number of hydrogen-bond donors (Lipinski definition) is 1. The number of nitrogens with zero attached hydrogens (tertiary/aromatic N) is 2. The average Bonchev–Trinajstić information content (AvgIpc) is 2.40. The Hall–Kier alpha value is -1.65. The van der Waals surface area contributed by atoms with Gasteiger partial charge in [0.25, 0.3) is 0 Å². The summed E-state index contributed by atoms with van der Waals surface area (Å²) in [5.41, 5.74) is 6.93. The summed E-state index contributed by atoms with van der Waals surface area (Å²) in [4.78, 5) is 23.2. The molecule has 0 spiro atoms. The van der Waals surface area contributed by atoms with E-state index >= 15 is 0 Å². The van der Waals surface area contributed by atoms with Crippen molar-refractivity contribution in [2.45, 2.75) is 33.6 Å². The van der Waals surface area contributed by atoms with Gasteiger partial charge in [0, 0.05) is 6.42 Å². The summed E-state index contributed by atoms with van der Waals surface area (Å²) >= 11 is 0.